The minimum atomic E-state index is 0.643. The lowest BCUT2D eigenvalue weighted by molar-refractivity contribution is 0.669. The lowest BCUT2D eigenvalue weighted by atomic mass is 9.88. The predicted molar refractivity (Wildman–Crippen MR) is 227 cm³/mol. The Balaban J connectivity index is 1.04. The zero-order chi connectivity index (χ0) is 36.3. The van der Waals surface area contributed by atoms with Crippen molar-refractivity contribution in [2.45, 2.75) is 0 Å². The maximum atomic E-state index is 6.18. The molecule has 256 valence electrons. The molecule has 0 saturated carbocycles. The molecule has 0 unspecified atom stereocenters. The summed E-state index contributed by atoms with van der Waals surface area (Å²) in [6, 6.07) is 65.9. The first-order valence-electron chi connectivity index (χ1n) is 18.5. The summed E-state index contributed by atoms with van der Waals surface area (Å²) in [7, 11) is 0. The Morgan fingerprint density at radius 1 is 0.273 bits per heavy atom. The van der Waals surface area contributed by atoms with Crippen LogP contribution in [0.4, 0.5) is 0 Å². The van der Waals surface area contributed by atoms with Crippen molar-refractivity contribution in [2.75, 3.05) is 0 Å². The minimum absolute atomic E-state index is 0.643. The minimum Gasteiger partial charge on any atom is -0.456 e. The number of fused-ring (bicyclic) bond motifs is 9. The van der Waals surface area contributed by atoms with E-state index in [2.05, 4.69) is 115 Å². The molecule has 0 amide bonds. The highest BCUT2D eigenvalue weighted by Crippen LogP contribution is 2.43. The topological polar surface area (TPSA) is 51.8 Å². The first-order chi connectivity index (χ1) is 27.2. The van der Waals surface area contributed by atoms with Gasteiger partial charge in [-0.2, -0.15) is 0 Å². The van der Waals surface area contributed by atoms with Crippen LogP contribution in [-0.4, -0.2) is 15.0 Å². The van der Waals surface area contributed by atoms with E-state index in [0.29, 0.717) is 17.5 Å². The molecule has 0 aliphatic rings. The molecule has 0 saturated heterocycles. The summed E-state index contributed by atoms with van der Waals surface area (Å²) >= 11 is 0. The van der Waals surface area contributed by atoms with Crippen LogP contribution in [0.3, 0.4) is 0 Å². The Morgan fingerprint density at radius 2 is 0.745 bits per heavy atom. The van der Waals surface area contributed by atoms with Gasteiger partial charge in [0.1, 0.15) is 11.2 Å². The van der Waals surface area contributed by atoms with Crippen molar-refractivity contribution >= 4 is 54.3 Å². The Hall–Kier alpha value is -7.43. The van der Waals surface area contributed by atoms with E-state index in [0.717, 1.165) is 49.8 Å². The number of furan rings is 1. The van der Waals surface area contributed by atoms with Crippen LogP contribution in [0, 0.1) is 0 Å². The average Bonchev–Trinajstić information content (AvgIpc) is 3.65. The summed E-state index contributed by atoms with van der Waals surface area (Å²) in [5.74, 6) is 1.95. The Morgan fingerprint density at radius 3 is 1.44 bits per heavy atom. The van der Waals surface area contributed by atoms with Crippen molar-refractivity contribution in [3.63, 3.8) is 0 Å². The second-order valence-corrected chi connectivity index (χ2v) is 14.0. The molecule has 9 aromatic carbocycles. The molecule has 0 aliphatic carbocycles. The summed E-state index contributed by atoms with van der Waals surface area (Å²) in [4.78, 5) is 14.7. The number of hydrogen-bond donors (Lipinski definition) is 0. The fraction of sp³-hybridized carbons (Fsp3) is 0. The van der Waals surface area contributed by atoms with Gasteiger partial charge in [0.05, 0.1) is 0 Å². The van der Waals surface area contributed by atoms with E-state index in [1.807, 2.05) is 72.8 Å². The van der Waals surface area contributed by atoms with Gasteiger partial charge in [-0.3, -0.25) is 0 Å². The maximum Gasteiger partial charge on any atom is 0.164 e. The van der Waals surface area contributed by atoms with E-state index in [1.54, 1.807) is 0 Å². The van der Waals surface area contributed by atoms with Gasteiger partial charge in [-0.15, -0.1) is 0 Å². The highest BCUT2D eigenvalue weighted by Gasteiger charge is 2.17. The molecule has 2 heterocycles. The standard InChI is InChI=1S/C51H31N3O/c1-3-12-33(13-4-1)49-52-50(34-14-5-2-6-15-34)54-51(53-49)35-24-22-32(23-25-35)36-26-28-43-44(30-36)40-17-8-7-16-39(40)42-20-11-19-38(48(42)43)37-27-29-47-45(31-37)41-18-9-10-21-46(41)55-47/h1-31H. The second kappa shape index (κ2) is 12.6. The van der Waals surface area contributed by atoms with Crippen LogP contribution in [0.15, 0.2) is 192 Å². The Bertz CT molecular complexity index is 3180. The smallest absolute Gasteiger partial charge is 0.164 e. The third-order valence-corrected chi connectivity index (χ3v) is 10.7. The fourth-order valence-electron chi connectivity index (χ4n) is 8.07. The molecule has 4 nitrogen and oxygen atoms in total. The number of nitrogens with zero attached hydrogens (tertiary/aromatic N) is 3. The molecule has 0 fully saturated rings. The summed E-state index contributed by atoms with van der Waals surface area (Å²) in [5.41, 5.74) is 9.31. The molecule has 0 spiro atoms. The highest BCUT2D eigenvalue weighted by molar-refractivity contribution is 6.29. The average molecular weight is 702 g/mol. The maximum absolute atomic E-state index is 6.18. The van der Waals surface area contributed by atoms with Crippen molar-refractivity contribution in [1.82, 2.24) is 15.0 Å². The zero-order valence-corrected chi connectivity index (χ0v) is 29.6. The van der Waals surface area contributed by atoms with E-state index >= 15 is 0 Å². The third kappa shape index (κ3) is 5.26. The van der Waals surface area contributed by atoms with Crippen molar-refractivity contribution in [1.29, 1.82) is 0 Å². The van der Waals surface area contributed by atoms with E-state index in [4.69, 9.17) is 19.4 Å². The summed E-state index contributed by atoms with van der Waals surface area (Å²) in [6.07, 6.45) is 0. The van der Waals surface area contributed by atoms with Crippen LogP contribution < -0.4 is 0 Å². The fourth-order valence-corrected chi connectivity index (χ4v) is 8.07. The van der Waals surface area contributed by atoms with Crippen LogP contribution in [-0.2, 0) is 0 Å². The normalized spacial score (nSPS) is 11.6. The monoisotopic (exact) mass is 701 g/mol. The van der Waals surface area contributed by atoms with Crippen LogP contribution in [0.1, 0.15) is 0 Å². The van der Waals surface area contributed by atoms with E-state index < -0.39 is 0 Å². The molecule has 0 bridgehead atoms. The number of benzene rings is 9. The third-order valence-electron chi connectivity index (χ3n) is 10.7. The van der Waals surface area contributed by atoms with Crippen molar-refractivity contribution in [2.24, 2.45) is 0 Å². The van der Waals surface area contributed by atoms with Gasteiger partial charge in [-0.05, 0) is 78.8 Å². The van der Waals surface area contributed by atoms with Crippen LogP contribution in [0.25, 0.3) is 111 Å². The number of aromatic nitrogens is 3. The molecule has 0 atom stereocenters. The second-order valence-electron chi connectivity index (χ2n) is 14.0. The lowest BCUT2D eigenvalue weighted by Gasteiger charge is -2.15. The lowest BCUT2D eigenvalue weighted by Crippen LogP contribution is -2.00. The number of para-hydroxylation sites is 1. The number of hydrogen-bond acceptors (Lipinski definition) is 4. The van der Waals surface area contributed by atoms with Crippen LogP contribution in [0.5, 0.6) is 0 Å². The first-order valence-corrected chi connectivity index (χ1v) is 18.5. The van der Waals surface area contributed by atoms with E-state index in [1.165, 1.54) is 43.4 Å². The molecule has 11 rings (SSSR count). The quantitative estimate of drug-likeness (QED) is 0.168. The van der Waals surface area contributed by atoms with Gasteiger partial charge < -0.3 is 4.42 Å². The first kappa shape index (κ1) is 31.1. The van der Waals surface area contributed by atoms with E-state index in [-0.39, 0.29) is 0 Å². The largest absolute Gasteiger partial charge is 0.456 e. The van der Waals surface area contributed by atoms with Gasteiger partial charge in [-0.1, -0.05) is 164 Å². The summed E-state index contributed by atoms with van der Waals surface area (Å²) in [6.45, 7) is 0. The van der Waals surface area contributed by atoms with Crippen LogP contribution >= 0.6 is 0 Å². The predicted octanol–water partition coefficient (Wildman–Crippen LogP) is 13.6. The van der Waals surface area contributed by atoms with Gasteiger partial charge in [0.15, 0.2) is 17.5 Å². The van der Waals surface area contributed by atoms with Gasteiger partial charge in [0.25, 0.3) is 0 Å². The highest BCUT2D eigenvalue weighted by atomic mass is 16.3. The van der Waals surface area contributed by atoms with Crippen molar-refractivity contribution < 1.29 is 4.42 Å². The molecule has 0 aliphatic heterocycles. The van der Waals surface area contributed by atoms with Gasteiger partial charge in [-0.25, -0.2) is 15.0 Å². The van der Waals surface area contributed by atoms with Gasteiger partial charge in [0, 0.05) is 27.5 Å². The summed E-state index contributed by atoms with van der Waals surface area (Å²) < 4.78 is 6.18. The van der Waals surface area contributed by atoms with Gasteiger partial charge >= 0.3 is 0 Å². The molecule has 11 aromatic rings. The molecular formula is C51H31N3O. The SMILES string of the molecule is c1ccc(-c2nc(-c3ccccc3)nc(-c3ccc(-c4ccc5c(c4)c4ccccc4c4cccc(-c6ccc7oc8ccccc8c7c6)c45)cc3)n2)cc1. The van der Waals surface area contributed by atoms with Crippen LogP contribution in [0.2, 0.25) is 0 Å². The molecular weight excluding hydrogens is 671 g/mol. The van der Waals surface area contributed by atoms with Crippen molar-refractivity contribution in [3.8, 4) is 56.4 Å². The van der Waals surface area contributed by atoms with E-state index in [9.17, 15) is 0 Å². The van der Waals surface area contributed by atoms with Gasteiger partial charge in [0.2, 0.25) is 0 Å². The molecule has 2 aromatic heterocycles. The Labute approximate surface area is 317 Å². The zero-order valence-electron chi connectivity index (χ0n) is 29.6. The van der Waals surface area contributed by atoms with Crippen molar-refractivity contribution in [3.05, 3.63) is 188 Å². The molecule has 0 radical (unpaired) electrons. The molecule has 55 heavy (non-hydrogen) atoms. The summed E-state index contributed by atoms with van der Waals surface area (Å²) in [5, 5.41) is 9.70. The number of rotatable bonds is 5. The Kier molecular flexibility index (Phi) is 7.14. The molecule has 4 heteroatoms. The molecule has 0 N–H and O–H groups in total.